The number of urea groups is 1. The van der Waals surface area contributed by atoms with Gasteiger partial charge in [-0.2, -0.15) is 0 Å². The smallest absolute Gasteiger partial charge is 0.322 e. The van der Waals surface area contributed by atoms with Crippen LogP contribution in [0.1, 0.15) is 25.0 Å². The van der Waals surface area contributed by atoms with Gasteiger partial charge >= 0.3 is 6.03 Å². The average molecular weight is 361 g/mol. The Morgan fingerprint density at radius 1 is 1.20 bits per heavy atom. The minimum atomic E-state index is -0.277. The molecule has 0 fully saturated rings. The Labute approximate surface area is 154 Å². The van der Waals surface area contributed by atoms with Crippen molar-refractivity contribution in [1.29, 1.82) is 0 Å². The lowest BCUT2D eigenvalue weighted by molar-refractivity contribution is 0.110. The van der Waals surface area contributed by atoms with Crippen LogP contribution in [-0.4, -0.2) is 28.7 Å². The van der Waals surface area contributed by atoms with Crippen LogP contribution in [0, 0.1) is 12.8 Å². The van der Waals surface area contributed by atoms with E-state index in [1.165, 1.54) is 0 Å². The van der Waals surface area contributed by atoms with E-state index in [1.54, 1.807) is 11.0 Å². The summed E-state index contributed by atoms with van der Waals surface area (Å²) in [5, 5.41) is 13.3. The van der Waals surface area contributed by atoms with Crippen molar-refractivity contribution in [2.45, 2.75) is 33.4 Å². The number of aliphatic hydroxyl groups is 1. The molecule has 134 valence electrons. The van der Waals surface area contributed by atoms with Gasteiger partial charge in [-0.3, -0.25) is 0 Å². The molecule has 2 amide bonds. The van der Waals surface area contributed by atoms with Crippen LogP contribution in [0.5, 0.6) is 0 Å². The predicted molar refractivity (Wildman–Crippen MR) is 103 cm³/mol. The van der Waals surface area contributed by atoms with Crippen molar-refractivity contribution in [1.82, 2.24) is 4.90 Å². The van der Waals surface area contributed by atoms with Gasteiger partial charge in [-0.15, -0.1) is 0 Å². The van der Waals surface area contributed by atoms with Crippen LogP contribution in [-0.2, 0) is 6.54 Å². The average Bonchev–Trinajstić information content (AvgIpc) is 2.58. The molecule has 0 saturated heterocycles. The molecule has 0 bridgehead atoms. The highest BCUT2D eigenvalue weighted by molar-refractivity contribution is 6.31. The molecular formula is C20H25ClN2O2. The topological polar surface area (TPSA) is 52.6 Å². The highest BCUT2D eigenvalue weighted by Crippen LogP contribution is 2.22. The fraction of sp³-hybridized carbons (Fsp3) is 0.350. The van der Waals surface area contributed by atoms with Crippen molar-refractivity contribution in [3.05, 3.63) is 64.7 Å². The van der Waals surface area contributed by atoms with Gasteiger partial charge in [0.25, 0.3) is 0 Å². The second-order valence-electron chi connectivity index (χ2n) is 6.50. The van der Waals surface area contributed by atoms with E-state index in [-0.39, 0.29) is 24.6 Å². The van der Waals surface area contributed by atoms with E-state index in [1.807, 2.05) is 63.2 Å². The number of carbonyl (C=O) groups excluding carboxylic acids is 1. The third-order valence-electron chi connectivity index (χ3n) is 4.24. The summed E-state index contributed by atoms with van der Waals surface area (Å²) in [7, 11) is 0. The summed E-state index contributed by atoms with van der Waals surface area (Å²) in [6, 6.07) is 14.7. The molecule has 0 aliphatic heterocycles. The maximum Gasteiger partial charge on any atom is 0.322 e. The first-order chi connectivity index (χ1) is 11.9. The molecule has 0 unspecified atom stereocenters. The molecule has 0 aromatic heterocycles. The summed E-state index contributed by atoms with van der Waals surface area (Å²) >= 11 is 6.14. The zero-order valence-electron chi connectivity index (χ0n) is 14.9. The standard InChI is InChI=1S/C20H25ClN2O2/c1-14(2)19(13-24)23(12-16-7-5-4-6-8-16)20(25)22-17-10-9-15(3)18(21)11-17/h4-11,14,19,24H,12-13H2,1-3H3,(H,22,25)/t19-/m1/s1. The van der Waals surface area contributed by atoms with Gasteiger partial charge in [0.15, 0.2) is 0 Å². The first-order valence-electron chi connectivity index (χ1n) is 8.41. The third kappa shape index (κ3) is 5.21. The number of carbonyl (C=O) groups is 1. The molecule has 25 heavy (non-hydrogen) atoms. The summed E-state index contributed by atoms with van der Waals surface area (Å²) in [4.78, 5) is 14.6. The quantitative estimate of drug-likeness (QED) is 0.784. The Hall–Kier alpha value is -2.04. The fourth-order valence-electron chi connectivity index (χ4n) is 2.65. The second-order valence-corrected chi connectivity index (χ2v) is 6.91. The van der Waals surface area contributed by atoms with E-state index in [4.69, 9.17) is 11.6 Å². The van der Waals surface area contributed by atoms with Gasteiger partial charge < -0.3 is 15.3 Å². The molecule has 0 saturated carbocycles. The summed E-state index contributed by atoms with van der Waals surface area (Å²) in [5.41, 5.74) is 2.61. The van der Waals surface area contributed by atoms with E-state index in [9.17, 15) is 9.90 Å². The lowest BCUT2D eigenvalue weighted by Crippen LogP contribution is -2.47. The minimum absolute atomic E-state index is 0.0907. The van der Waals surface area contributed by atoms with Crippen molar-refractivity contribution in [2.75, 3.05) is 11.9 Å². The van der Waals surface area contributed by atoms with Crippen LogP contribution in [0.4, 0.5) is 10.5 Å². The van der Waals surface area contributed by atoms with Crippen LogP contribution in [0.2, 0.25) is 5.02 Å². The third-order valence-corrected chi connectivity index (χ3v) is 4.64. The number of hydrogen-bond donors (Lipinski definition) is 2. The monoisotopic (exact) mass is 360 g/mol. The molecule has 2 aromatic rings. The molecule has 4 nitrogen and oxygen atoms in total. The Morgan fingerprint density at radius 3 is 2.44 bits per heavy atom. The van der Waals surface area contributed by atoms with Crippen molar-refractivity contribution in [3.8, 4) is 0 Å². The number of amides is 2. The van der Waals surface area contributed by atoms with Crippen LogP contribution >= 0.6 is 11.6 Å². The molecule has 0 radical (unpaired) electrons. The van der Waals surface area contributed by atoms with E-state index >= 15 is 0 Å². The zero-order valence-corrected chi connectivity index (χ0v) is 15.6. The van der Waals surface area contributed by atoms with Crippen molar-refractivity contribution in [3.63, 3.8) is 0 Å². The SMILES string of the molecule is Cc1ccc(NC(=O)N(Cc2ccccc2)[C@H](CO)C(C)C)cc1Cl. The van der Waals surface area contributed by atoms with E-state index < -0.39 is 0 Å². The fourth-order valence-corrected chi connectivity index (χ4v) is 2.84. The zero-order chi connectivity index (χ0) is 18.4. The molecule has 2 rings (SSSR count). The Kier molecular flexibility index (Phi) is 6.85. The van der Waals surface area contributed by atoms with Gasteiger partial charge in [0.1, 0.15) is 0 Å². The number of anilines is 1. The highest BCUT2D eigenvalue weighted by Gasteiger charge is 2.26. The van der Waals surface area contributed by atoms with E-state index in [0.29, 0.717) is 17.3 Å². The Morgan fingerprint density at radius 2 is 1.88 bits per heavy atom. The van der Waals surface area contributed by atoms with Gasteiger partial charge in [-0.05, 0) is 36.1 Å². The number of halogens is 1. The van der Waals surface area contributed by atoms with Crippen molar-refractivity contribution >= 4 is 23.3 Å². The number of benzene rings is 2. The summed E-state index contributed by atoms with van der Waals surface area (Å²) in [6.07, 6.45) is 0. The normalized spacial score (nSPS) is 12.1. The van der Waals surface area contributed by atoms with Crippen LogP contribution in [0.15, 0.2) is 48.5 Å². The van der Waals surface area contributed by atoms with Gasteiger partial charge in [-0.1, -0.05) is 61.8 Å². The first-order valence-corrected chi connectivity index (χ1v) is 8.78. The molecular weight excluding hydrogens is 336 g/mol. The number of hydrogen-bond acceptors (Lipinski definition) is 2. The van der Waals surface area contributed by atoms with Crippen molar-refractivity contribution < 1.29 is 9.90 Å². The van der Waals surface area contributed by atoms with Gasteiger partial charge in [0.05, 0.1) is 12.6 Å². The maximum atomic E-state index is 12.9. The maximum absolute atomic E-state index is 12.9. The summed E-state index contributed by atoms with van der Waals surface area (Å²) in [6.45, 7) is 6.24. The molecule has 5 heteroatoms. The van der Waals surface area contributed by atoms with Gasteiger partial charge in [-0.25, -0.2) is 4.79 Å². The van der Waals surface area contributed by atoms with Gasteiger partial charge in [0.2, 0.25) is 0 Å². The number of nitrogens with one attached hydrogen (secondary N) is 1. The first kappa shape index (κ1) is 19.3. The number of rotatable bonds is 6. The number of nitrogens with zero attached hydrogens (tertiary/aromatic N) is 1. The van der Waals surface area contributed by atoms with Crippen molar-refractivity contribution in [2.24, 2.45) is 5.92 Å². The molecule has 0 aliphatic rings. The van der Waals surface area contributed by atoms with Crippen LogP contribution in [0.25, 0.3) is 0 Å². The lowest BCUT2D eigenvalue weighted by atomic mass is 10.0. The molecule has 2 N–H and O–H groups in total. The molecule has 0 aliphatic carbocycles. The predicted octanol–water partition coefficient (Wildman–Crippen LogP) is 4.70. The van der Waals surface area contributed by atoms with E-state index in [0.717, 1.165) is 11.1 Å². The van der Waals surface area contributed by atoms with Gasteiger partial charge in [0, 0.05) is 17.3 Å². The molecule has 0 heterocycles. The Balaban J connectivity index is 2.23. The van der Waals surface area contributed by atoms with Crippen LogP contribution < -0.4 is 5.32 Å². The number of aryl methyl sites for hydroxylation is 1. The Bertz CT molecular complexity index is 704. The molecule has 2 aromatic carbocycles. The molecule has 1 atom stereocenters. The van der Waals surface area contributed by atoms with Crippen LogP contribution in [0.3, 0.4) is 0 Å². The minimum Gasteiger partial charge on any atom is -0.394 e. The molecule has 0 spiro atoms. The van der Waals surface area contributed by atoms with E-state index in [2.05, 4.69) is 5.32 Å². The largest absolute Gasteiger partial charge is 0.394 e. The summed E-state index contributed by atoms with van der Waals surface area (Å²) < 4.78 is 0. The summed E-state index contributed by atoms with van der Waals surface area (Å²) in [5.74, 6) is 0.126. The highest BCUT2D eigenvalue weighted by atomic mass is 35.5. The lowest BCUT2D eigenvalue weighted by Gasteiger charge is -2.33. The second kappa shape index (κ2) is 8.88. The number of aliphatic hydroxyl groups excluding tert-OH is 1.